The van der Waals surface area contributed by atoms with Gasteiger partial charge in [-0.3, -0.25) is 14.4 Å². The lowest BCUT2D eigenvalue weighted by Crippen LogP contribution is -2.42. The van der Waals surface area contributed by atoms with Crippen molar-refractivity contribution in [3.63, 3.8) is 0 Å². The van der Waals surface area contributed by atoms with Crippen LogP contribution in [0.4, 0.5) is 0 Å². The van der Waals surface area contributed by atoms with Gasteiger partial charge in [-0.1, -0.05) is 80.4 Å². The fraction of sp³-hybridized carbons (Fsp3) is 0.289. The Hall–Kier alpha value is -3.59. The third-order valence-corrected chi connectivity index (χ3v) is 9.37. The van der Waals surface area contributed by atoms with Crippen LogP contribution < -0.4 is 10.1 Å². The van der Waals surface area contributed by atoms with Crippen LogP contribution in [0.1, 0.15) is 69.2 Å². The summed E-state index contributed by atoms with van der Waals surface area (Å²) in [6, 6.07) is 26.8. The first kappa shape index (κ1) is 33.8. The smallest absolute Gasteiger partial charge is 0.170 e. The highest BCUT2D eigenvalue weighted by Crippen LogP contribution is 2.42. The molecule has 0 saturated carbocycles. The first-order chi connectivity index (χ1) is 22.1. The molecule has 0 radical (unpaired) electrons. The largest absolute Gasteiger partial charge is 0.507 e. The Bertz CT molecular complexity index is 1690. The van der Waals surface area contributed by atoms with Gasteiger partial charge in [0.05, 0.1) is 17.5 Å². The molecule has 4 aromatic rings. The normalized spacial score (nSPS) is 16.3. The summed E-state index contributed by atoms with van der Waals surface area (Å²) in [7, 11) is 0. The molecule has 2 aliphatic heterocycles. The van der Waals surface area contributed by atoms with Gasteiger partial charge in [-0.25, -0.2) is 0 Å². The maximum absolute atomic E-state index is 12.4. The lowest BCUT2D eigenvalue weighted by molar-refractivity contribution is -0.117. The number of halogens is 2. The molecule has 2 N–H and O–H groups in total. The number of hydrogen-bond donors (Lipinski definition) is 2. The van der Waals surface area contributed by atoms with Gasteiger partial charge in [0.15, 0.2) is 11.6 Å². The van der Waals surface area contributed by atoms with E-state index in [0.29, 0.717) is 36.2 Å². The Labute approximate surface area is 286 Å². The van der Waals surface area contributed by atoms with Gasteiger partial charge in [-0.2, -0.15) is 0 Å². The SMILES string of the molecule is C1CCNC1.CC(=O)c1cc(Br)ccc1O.O=C1CC2(Cc3ccccc3C2)Oc2ccc(Br)cc21.O=C1Cc2ccccc2C1. The highest BCUT2D eigenvalue weighted by molar-refractivity contribution is 9.10. The number of benzene rings is 4. The first-order valence-electron chi connectivity index (χ1n) is 15.5. The van der Waals surface area contributed by atoms with Crippen molar-refractivity contribution >= 4 is 49.2 Å². The molecular weight excluding hydrogens is 710 g/mol. The third kappa shape index (κ3) is 8.60. The zero-order valence-corrected chi connectivity index (χ0v) is 29.0. The highest BCUT2D eigenvalue weighted by atomic mass is 79.9. The minimum atomic E-state index is -0.373. The van der Waals surface area contributed by atoms with E-state index in [-0.39, 0.29) is 22.9 Å². The maximum atomic E-state index is 12.4. The Kier molecular flexibility index (Phi) is 11.3. The van der Waals surface area contributed by atoms with Crippen molar-refractivity contribution in [2.24, 2.45) is 0 Å². The van der Waals surface area contributed by atoms with Crippen molar-refractivity contribution in [2.45, 2.75) is 57.5 Å². The minimum Gasteiger partial charge on any atom is -0.507 e. The molecule has 2 aliphatic carbocycles. The number of aromatic hydroxyl groups is 1. The summed E-state index contributed by atoms with van der Waals surface area (Å²) in [5, 5.41) is 12.4. The molecule has 2 heterocycles. The van der Waals surface area contributed by atoms with E-state index >= 15 is 0 Å². The topological polar surface area (TPSA) is 92.7 Å². The first-order valence-corrected chi connectivity index (χ1v) is 17.1. The van der Waals surface area contributed by atoms with Crippen molar-refractivity contribution in [3.05, 3.63) is 127 Å². The van der Waals surface area contributed by atoms with E-state index in [1.165, 1.54) is 61.2 Å². The van der Waals surface area contributed by atoms with Crippen molar-refractivity contribution in [1.29, 1.82) is 0 Å². The number of phenols is 1. The summed E-state index contributed by atoms with van der Waals surface area (Å²) < 4.78 is 7.95. The second-order valence-electron chi connectivity index (χ2n) is 12.0. The fourth-order valence-corrected chi connectivity index (χ4v) is 6.85. The average Bonchev–Trinajstić information content (AvgIpc) is 3.80. The Morgan fingerprint density at radius 3 is 1.83 bits per heavy atom. The molecule has 0 unspecified atom stereocenters. The molecule has 8 rings (SSSR count). The van der Waals surface area contributed by atoms with E-state index in [0.717, 1.165) is 27.5 Å². The van der Waals surface area contributed by atoms with Crippen molar-refractivity contribution < 1.29 is 24.2 Å². The van der Waals surface area contributed by atoms with E-state index < -0.39 is 0 Å². The standard InChI is InChI=1S/C17H13BrO2.C9H8O.C8H7BrO2.C4H9N/c18-13-5-6-16-14(7-13)15(19)10-17(20-16)8-11-3-1-2-4-12(11)9-17;10-9-5-7-3-1-2-4-8(7)6-9;1-5(10)7-4-6(9)2-3-8(7)11;1-2-4-5-3-1/h1-7H,8-10H2;1-4H,5-6H2;2-4,11H,1H3;5H,1-4H2. The van der Waals surface area contributed by atoms with Gasteiger partial charge in [0.2, 0.25) is 0 Å². The fourth-order valence-electron chi connectivity index (χ4n) is 6.13. The van der Waals surface area contributed by atoms with Crippen molar-refractivity contribution in [3.8, 4) is 11.5 Å². The molecule has 6 nitrogen and oxygen atoms in total. The highest BCUT2D eigenvalue weighted by Gasteiger charge is 2.44. The average molecular weight is 748 g/mol. The minimum absolute atomic E-state index is 0.0284. The van der Waals surface area contributed by atoms with Crippen LogP contribution in [0.5, 0.6) is 11.5 Å². The summed E-state index contributed by atoms with van der Waals surface area (Å²) >= 11 is 6.61. The predicted molar refractivity (Wildman–Crippen MR) is 187 cm³/mol. The number of fused-ring (bicyclic) bond motifs is 3. The van der Waals surface area contributed by atoms with Crippen LogP contribution in [-0.2, 0) is 30.5 Å². The van der Waals surface area contributed by atoms with E-state index in [4.69, 9.17) is 9.84 Å². The van der Waals surface area contributed by atoms with Gasteiger partial charge < -0.3 is 15.2 Å². The van der Waals surface area contributed by atoms with Crippen molar-refractivity contribution in [1.82, 2.24) is 5.32 Å². The molecule has 0 atom stereocenters. The van der Waals surface area contributed by atoms with Gasteiger partial charge in [-0.05, 0) is 91.5 Å². The van der Waals surface area contributed by atoms with Crippen molar-refractivity contribution in [2.75, 3.05) is 13.1 Å². The Morgan fingerprint density at radius 2 is 1.30 bits per heavy atom. The van der Waals surface area contributed by atoms with Gasteiger partial charge >= 0.3 is 0 Å². The van der Waals surface area contributed by atoms with Crippen LogP contribution >= 0.6 is 31.9 Å². The van der Waals surface area contributed by atoms with Crippen LogP contribution in [0.25, 0.3) is 0 Å². The number of phenolic OH excluding ortho intramolecular Hbond substituents is 1. The van der Waals surface area contributed by atoms with Crippen LogP contribution in [-0.4, -0.2) is 41.1 Å². The third-order valence-electron chi connectivity index (χ3n) is 8.38. The molecule has 4 aliphatic rings. The van der Waals surface area contributed by atoms with E-state index in [2.05, 4.69) is 49.3 Å². The summed E-state index contributed by atoms with van der Waals surface area (Å²) in [5.41, 5.74) is 5.71. The number of carbonyl (C=O) groups excluding carboxylic acids is 3. The van der Waals surface area contributed by atoms with E-state index in [1.807, 2.05) is 54.6 Å². The number of hydrogen-bond acceptors (Lipinski definition) is 6. The molecule has 8 heteroatoms. The molecule has 0 amide bonds. The number of rotatable bonds is 1. The van der Waals surface area contributed by atoms with Gasteiger partial charge in [0, 0.05) is 34.6 Å². The number of Topliss-reactive ketones (excluding diaryl/α,β-unsaturated/α-hetero) is 3. The Morgan fingerprint density at radius 1 is 0.761 bits per heavy atom. The number of ether oxygens (including phenoxy) is 1. The van der Waals surface area contributed by atoms with Crippen LogP contribution in [0.3, 0.4) is 0 Å². The zero-order valence-electron chi connectivity index (χ0n) is 25.8. The number of carbonyl (C=O) groups is 3. The molecule has 1 saturated heterocycles. The van der Waals surface area contributed by atoms with Crippen LogP contribution in [0, 0.1) is 0 Å². The molecular formula is C38H37Br2NO5. The Balaban J connectivity index is 0.000000136. The molecule has 1 spiro atoms. The molecule has 1 fully saturated rings. The van der Waals surface area contributed by atoms with Gasteiger partial charge in [0.25, 0.3) is 0 Å². The van der Waals surface area contributed by atoms with Crippen LogP contribution in [0.2, 0.25) is 0 Å². The van der Waals surface area contributed by atoms with E-state index in [1.54, 1.807) is 12.1 Å². The number of ketones is 3. The molecule has 238 valence electrons. The monoisotopic (exact) mass is 745 g/mol. The van der Waals surface area contributed by atoms with Gasteiger partial charge in [-0.15, -0.1) is 0 Å². The maximum Gasteiger partial charge on any atom is 0.170 e. The lowest BCUT2D eigenvalue weighted by atomic mass is 9.87. The molecule has 46 heavy (non-hydrogen) atoms. The summed E-state index contributed by atoms with van der Waals surface area (Å²) in [4.78, 5) is 34.2. The summed E-state index contributed by atoms with van der Waals surface area (Å²) in [5.74, 6) is 1.14. The second kappa shape index (κ2) is 15.3. The predicted octanol–water partition coefficient (Wildman–Crippen LogP) is 8.03. The molecule has 0 bridgehead atoms. The summed E-state index contributed by atoms with van der Waals surface area (Å²) in [6.45, 7) is 3.92. The summed E-state index contributed by atoms with van der Waals surface area (Å²) in [6.07, 6.45) is 6.19. The van der Waals surface area contributed by atoms with Gasteiger partial charge in [0.1, 0.15) is 22.9 Å². The zero-order chi connectivity index (χ0) is 32.7. The molecule has 0 aromatic heterocycles. The quantitative estimate of drug-likeness (QED) is 0.192. The number of nitrogens with one attached hydrogen (secondary N) is 1. The second-order valence-corrected chi connectivity index (χ2v) is 13.8. The lowest BCUT2D eigenvalue weighted by Gasteiger charge is -2.34. The van der Waals surface area contributed by atoms with Crippen LogP contribution in [0.15, 0.2) is 93.9 Å². The van der Waals surface area contributed by atoms with E-state index in [9.17, 15) is 14.4 Å². The molecule has 4 aromatic carbocycles.